The molecule has 0 heterocycles. The van der Waals surface area contributed by atoms with Crippen LogP contribution < -0.4 is 15.4 Å². The highest BCUT2D eigenvalue weighted by Gasteiger charge is 2.17. The van der Waals surface area contributed by atoms with Gasteiger partial charge in [0.15, 0.2) is 0 Å². The maximum absolute atomic E-state index is 12.6. The van der Waals surface area contributed by atoms with Crippen LogP contribution in [0.15, 0.2) is 71.6 Å². The van der Waals surface area contributed by atoms with E-state index in [2.05, 4.69) is 15.4 Å². The van der Waals surface area contributed by atoms with Gasteiger partial charge in [-0.25, -0.2) is 13.1 Å². The topological polar surface area (TPSA) is 87.3 Å². The van der Waals surface area contributed by atoms with Crippen LogP contribution in [0.25, 0.3) is 10.8 Å². The highest BCUT2D eigenvalue weighted by molar-refractivity contribution is 7.89. The van der Waals surface area contributed by atoms with E-state index in [-0.39, 0.29) is 16.8 Å². The van der Waals surface area contributed by atoms with Gasteiger partial charge in [0.2, 0.25) is 15.9 Å². The first-order valence-electron chi connectivity index (χ1n) is 9.44. The minimum absolute atomic E-state index is 0.158. The Bertz CT molecular complexity index is 1100. The van der Waals surface area contributed by atoms with E-state index in [9.17, 15) is 13.2 Å². The molecule has 6 nitrogen and oxygen atoms in total. The molecule has 0 saturated heterocycles. The van der Waals surface area contributed by atoms with E-state index in [0.717, 1.165) is 16.5 Å². The second-order valence-corrected chi connectivity index (χ2v) is 8.90. The van der Waals surface area contributed by atoms with Crippen molar-refractivity contribution in [2.75, 3.05) is 10.6 Å². The second kappa shape index (κ2) is 8.63. The van der Waals surface area contributed by atoms with Gasteiger partial charge in [0.05, 0.1) is 4.90 Å². The van der Waals surface area contributed by atoms with Gasteiger partial charge in [0.25, 0.3) is 0 Å². The number of carbonyl (C=O) groups excluding carboxylic acids is 1. The van der Waals surface area contributed by atoms with Crippen LogP contribution in [0.5, 0.6) is 0 Å². The molecule has 0 aromatic heterocycles. The molecule has 152 valence electrons. The van der Waals surface area contributed by atoms with Crippen molar-refractivity contribution in [3.8, 4) is 0 Å². The van der Waals surface area contributed by atoms with Crippen LogP contribution >= 0.6 is 0 Å². The number of hydrogen-bond donors (Lipinski definition) is 3. The van der Waals surface area contributed by atoms with E-state index in [0.29, 0.717) is 5.69 Å². The quantitative estimate of drug-likeness (QED) is 0.549. The van der Waals surface area contributed by atoms with Crippen molar-refractivity contribution >= 4 is 38.1 Å². The lowest BCUT2D eigenvalue weighted by atomic mass is 10.1. The lowest BCUT2D eigenvalue weighted by molar-refractivity contribution is -0.116. The Morgan fingerprint density at radius 2 is 1.52 bits per heavy atom. The molecule has 0 aliphatic carbocycles. The minimum atomic E-state index is -3.56. The molecule has 3 rings (SSSR count). The highest BCUT2D eigenvalue weighted by Crippen LogP contribution is 2.24. The van der Waals surface area contributed by atoms with Gasteiger partial charge in [-0.3, -0.25) is 4.79 Å². The Morgan fingerprint density at radius 3 is 2.21 bits per heavy atom. The van der Waals surface area contributed by atoms with Gasteiger partial charge in [-0.2, -0.15) is 0 Å². The summed E-state index contributed by atoms with van der Waals surface area (Å²) in [4.78, 5) is 12.7. The van der Waals surface area contributed by atoms with Crippen molar-refractivity contribution in [3.05, 3.63) is 66.7 Å². The number of rotatable bonds is 7. The number of carbonyl (C=O) groups is 1. The summed E-state index contributed by atoms with van der Waals surface area (Å²) in [6.07, 6.45) is 0. The predicted octanol–water partition coefficient (Wildman–Crippen LogP) is 3.97. The summed E-state index contributed by atoms with van der Waals surface area (Å²) >= 11 is 0. The van der Waals surface area contributed by atoms with Crippen molar-refractivity contribution in [1.29, 1.82) is 0 Å². The van der Waals surface area contributed by atoms with Crippen LogP contribution in [0, 0.1) is 0 Å². The molecule has 0 fully saturated rings. The summed E-state index contributed by atoms with van der Waals surface area (Å²) in [6.45, 7) is 5.30. The van der Waals surface area contributed by atoms with E-state index < -0.39 is 16.1 Å². The molecule has 29 heavy (non-hydrogen) atoms. The maximum Gasteiger partial charge on any atom is 0.246 e. The summed E-state index contributed by atoms with van der Waals surface area (Å²) in [6, 6.07) is 19.3. The molecule has 0 saturated carbocycles. The summed E-state index contributed by atoms with van der Waals surface area (Å²) in [5, 5.41) is 8.19. The average molecular weight is 412 g/mol. The van der Waals surface area contributed by atoms with Crippen molar-refractivity contribution in [2.45, 2.75) is 37.8 Å². The molecule has 3 aromatic carbocycles. The van der Waals surface area contributed by atoms with Gasteiger partial charge in [0, 0.05) is 22.8 Å². The van der Waals surface area contributed by atoms with Crippen LogP contribution in [-0.2, 0) is 14.8 Å². The molecule has 0 aliphatic heterocycles. The van der Waals surface area contributed by atoms with E-state index in [1.807, 2.05) is 42.5 Å². The first-order chi connectivity index (χ1) is 13.8. The molecule has 3 aromatic rings. The fourth-order valence-corrected chi connectivity index (χ4v) is 4.25. The zero-order valence-corrected chi connectivity index (χ0v) is 17.5. The van der Waals surface area contributed by atoms with E-state index in [1.54, 1.807) is 32.9 Å². The number of nitrogens with one attached hydrogen (secondary N) is 3. The van der Waals surface area contributed by atoms with Gasteiger partial charge >= 0.3 is 0 Å². The molecule has 1 amide bonds. The van der Waals surface area contributed by atoms with Crippen molar-refractivity contribution in [2.24, 2.45) is 0 Å². The van der Waals surface area contributed by atoms with Crippen molar-refractivity contribution in [1.82, 2.24) is 4.72 Å². The first-order valence-corrected chi connectivity index (χ1v) is 10.9. The molecule has 0 spiro atoms. The third-order valence-corrected chi connectivity index (χ3v) is 6.05. The van der Waals surface area contributed by atoms with Gasteiger partial charge in [0.1, 0.15) is 6.04 Å². The number of hydrogen-bond acceptors (Lipinski definition) is 4. The van der Waals surface area contributed by atoms with Crippen molar-refractivity contribution in [3.63, 3.8) is 0 Å². The molecular formula is C22H25N3O3S. The van der Waals surface area contributed by atoms with Crippen molar-refractivity contribution < 1.29 is 13.2 Å². The molecule has 0 aliphatic rings. The number of anilines is 2. The maximum atomic E-state index is 12.6. The number of fused-ring (bicyclic) bond motifs is 1. The zero-order chi connectivity index (χ0) is 21.0. The highest BCUT2D eigenvalue weighted by atomic mass is 32.2. The summed E-state index contributed by atoms with van der Waals surface area (Å²) < 4.78 is 26.9. The smallest absolute Gasteiger partial charge is 0.246 e. The molecule has 3 N–H and O–H groups in total. The third kappa shape index (κ3) is 5.13. The lowest BCUT2D eigenvalue weighted by Gasteiger charge is -2.17. The Balaban J connectivity index is 1.68. The number of benzene rings is 3. The summed E-state index contributed by atoms with van der Waals surface area (Å²) in [5.41, 5.74) is 1.41. The fraction of sp³-hybridized carbons (Fsp3) is 0.227. The molecule has 0 bridgehead atoms. The normalized spacial score (nSPS) is 12.7. The zero-order valence-electron chi connectivity index (χ0n) is 16.6. The Hall–Kier alpha value is -2.90. The Labute approximate surface area is 171 Å². The molecule has 0 radical (unpaired) electrons. The minimum Gasteiger partial charge on any atom is -0.373 e. The summed E-state index contributed by atoms with van der Waals surface area (Å²) in [5.74, 6) is -0.214. The molecule has 7 heteroatoms. The standard InChI is InChI=1S/C22H25N3O3S/c1-15(2)25-29(27,28)19-13-11-18(12-14-19)24-22(26)16(3)23-21-10-6-8-17-7-4-5-9-20(17)21/h4-16,23,25H,1-3H3,(H,24,26)/t16-/m1/s1. The van der Waals surface area contributed by atoms with Crippen LogP contribution in [0.3, 0.4) is 0 Å². The second-order valence-electron chi connectivity index (χ2n) is 7.18. The van der Waals surface area contributed by atoms with Crippen LogP contribution in [0.4, 0.5) is 11.4 Å². The summed E-state index contributed by atoms with van der Waals surface area (Å²) in [7, 11) is -3.56. The fourth-order valence-electron chi connectivity index (χ4n) is 3.00. The predicted molar refractivity (Wildman–Crippen MR) is 118 cm³/mol. The number of amides is 1. The molecular weight excluding hydrogens is 386 g/mol. The van der Waals surface area contributed by atoms with Crippen LogP contribution in [0.1, 0.15) is 20.8 Å². The first kappa shape index (κ1) is 20.8. The van der Waals surface area contributed by atoms with E-state index in [1.165, 1.54) is 12.1 Å². The van der Waals surface area contributed by atoms with E-state index in [4.69, 9.17) is 0 Å². The SMILES string of the molecule is CC(C)NS(=O)(=O)c1ccc(NC(=O)[C@@H](C)Nc2cccc3ccccc23)cc1. The monoisotopic (exact) mass is 411 g/mol. The third-order valence-electron chi connectivity index (χ3n) is 4.38. The van der Waals surface area contributed by atoms with E-state index >= 15 is 0 Å². The number of sulfonamides is 1. The Morgan fingerprint density at radius 1 is 0.862 bits per heavy atom. The van der Waals surface area contributed by atoms with Gasteiger partial charge in [-0.05, 0) is 56.5 Å². The van der Waals surface area contributed by atoms with Gasteiger partial charge < -0.3 is 10.6 Å². The largest absolute Gasteiger partial charge is 0.373 e. The average Bonchev–Trinajstić information content (AvgIpc) is 2.67. The molecule has 0 unspecified atom stereocenters. The van der Waals surface area contributed by atoms with Gasteiger partial charge in [-0.1, -0.05) is 36.4 Å². The lowest BCUT2D eigenvalue weighted by Crippen LogP contribution is -2.32. The van der Waals surface area contributed by atoms with Crippen LogP contribution in [0.2, 0.25) is 0 Å². The Kier molecular flexibility index (Phi) is 6.20. The molecule has 1 atom stereocenters. The van der Waals surface area contributed by atoms with Crippen LogP contribution in [-0.4, -0.2) is 26.4 Å². The van der Waals surface area contributed by atoms with Gasteiger partial charge in [-0.15, -0.1) is 0 Å².